The predicted octanol–water partition coefficient (Wildman–Crippen LogP) is 2.56. The quantitative estimate of drug-likeness (QED) is 0.901. The number of rotatable bonds is 4. The summed E-state index contributed by atoms with van der Waals surface area (Å²) in [6.45, 7) is 8.88. The van der Waals surface area contributed by atoms with Gasteiger partial charge in [-0.2, -0.15) is 0 Å². The molecular weight excluding hydrogens is 250 g/mol. The van der Waals surface area contributed by atoms with Crippen molar-refractivity contribution in [2.24, 2.45) is 5.73 Å². The summed E-state index contributed by atoms with van der Waals surface area (Å²) >= 11 is 0. The number of hydrogen-bond donors (Lipinski definition) is 2. The molecule has 3 N–H and O–H groups in total. The molecule has 20 heavy (non-hydrogen) atoms. The van der Waals surface area contributed by atoms with Crippen molar-refractivity contribution < 1.29 is 5.11 Å². The number of fused-ring (bicyclic) bond motifs is 1. The SMILES string of the molecule is CC(O)CCc1nc2cc(CN)ccc2n1C(C)(C)C. The molecule has 0 aliphatic rings. The van der Waals surface area contributed by atoms with Crippen LogP contribution >= 0.6 is 0 Å². The van der Waals surface area contributed by atoms with E-state index in [1.807, 2.05) is 6.92 Å². The third-order valence-corrected chi connectivity index (χ3v) is 3.48. The summed E-state index contributed by atoms with van der Waals surface area (Å²) in [4.78, 5) is 4.76. The number of aliphatic hydroxyl groups excluding tert-OH is 1. The Morgan fingerprint density at radius 1 is 1.35 bits per heavy atom. The van der Waals surface area contributed by atoms with Gasteiger partial charge in [0.15, 0.2) is 0 Å². The smallest absolute Gasteiger partial charge is 0.110 e. The molecule has 2 aromatic rings. The molecule has 1 unspecified atom stereocenters. The maximum atomic E-state index is 9.51. The van der Waals surface area contributed by atoms with Gasteiger partial charge in [-0.1, -0.05) is 6.07 Å². The van der Waals surface area contributed by atoms with Crippen molar-refractivity contribution in [3.05, 3.63) is 29.6 Å². The molecule has 4 nitrogen and oxygen atoms in total. The van der Waals surface area contributed by atoms with Gasteiger partial charge < -0.3 is 15.4 Å². The van der Waals surface area contributed by atoms with Crippen molar-refractivity contribution in [2.45, 2.75) is 58.7 Å². The summed E-state index contributed by atoms with van der Waals surface area (Å²) in [6, 6.07) is 6.22. The van der Waals surface area contributed by atoms with Crippen molar-refractivity contribution in [3.63, 3.8) is 0 Å². The number of imidazole rings is 1. The van der Waals surface area contributed by atoms with Crippen molar-refractivity contribution in [1.29, 1.82) is 0 Å². The number of aryl methyl sites for hydroxylation is 1. The molecule has 1 aromatic heterocycles. The van der Waals surface area contributed by atoms with E-state index in [9.17, 15) is 5.11 Å². The lowest BCUT2D eigenvalue weighted by Crippen LogP contribution is -2.24. The van der Waals surface area contributed by atoms with Gasteiger partial charge in [-0.25, -0.2) is 4.98 Å². The summed E-state index contributed by atoms with van der Waals surface area (Å²) in [5.41, 5.74) is 8.89. The summed E-state index contributed by atoms with van der Waals surface area (Å²) in [5.74, 6) is 1.03. The molecular formula is C16H25N3O. The van der Waals surface area contributed by atoms with Gasteiger partial charge in [0.25, 0.3) is 0 Å². The largest absolute Gasteiger partial charge is 0.393 e. The zero-order chi connectivity index (χ0) is 14.9. The van der Waals surface area contributed by atoms with Crippen LogP contribution in [0.5, 0.6) is 0 Å². The normalized spacial score (nSPS) is 13.9. The molecule has 1 heterocycles. The van der Waals surface area contributed by atoms with E-state index in [2.05, 4.69) is 43.5 Å². The molecule has 0 spiro atoms. The Morgan fingerprint density at radius 3 is 2.60 bits per heavy atom. The van der Waals surface area contributed by atoms with E-state index in [0.29, 0.717) is 6.54 Å². The van der Waals surface area contributed by atoms with Crippen LogP contribution in [0.15, 0.2) is 18.2 Å². The maximum absolute atomic E-state index is 9.51. The van der Waals surface area contributed by atoms with Crippen molar-refractivity contribution >= 4 is 11.0 Å². The molecule has 0 radical (unpaired) electrons. The van der Waals surface area contributed by atoms with Crippen LogP contribution in [0.3, 0.4) is 0 Å². The fraction of sp³-hybridized carbons (Fsp3) is 0.562. The van der Waals surface area contributed by atoms with E-state index in [0.717, 1.165) is 35.3 Å². The topological polar surface area (TPSA) is 64.1 Å². The van der Waals surface area contributed by atoms with Crippen molar-refractivity contribution in [1.82, 2.24) is 9.55 Å². The third-order valence-electron chi connectivity index (χ3n) is 3.48. The van der Waals surface area contributed by atoms with Crippen LogP contribution in [0.1, 0.15) is 45.5 Å². The highest BCUT2D eigenvalue weighted by molar-refractivity contribution is 5.77. The summed E-state index contributed by atoms with van der Waals surface area (Å²) in [6.07, 6.45) is 1.20. The maximum Gasteiger partial charge on any atom is 0.110 e. The highest BCUT2D eigenvalue weighted by atomic mass is 16.3. The van der Waals surface area contributed by atoms with Crippen LogP contribution < -0.4 is 5.73 Å². The number of aliphatic hydroxyl groups is 1. The number of nitrogens with two attached hydrogens (primary N) is 1. The summed E-state index contributed by atoms with van der Waals surface area (Å²) < 4.78 is 2.27. The van der Waals surface area contributed by atoms with Crippen LogP contribution in [0.2, 0.25) is 0 Å². The lowest BCUT2D eigenvalue weighted by Gasteiger charge is -2.25. The first kappa shape index (κ1) is 15.0. The molecule has 0 aliphatic carbocycles. The van der Waals surface area contributed by atoms with E-state index in [-0.39, 0.29) is 11.6 Å². The van der Waals surface area contributed by atoms with Gasteiger partial charge in [0.1, 0.15) is 5.82 Å². The first-order chi connectivity index (χ1) is 9.32. The van der Waals surface area contributed by atoms with E-state index >= 15 is 0 Å². The van der Waals surface area contributed by atoms with E-state index < -0.39 is 0 Å². The van der Waals surface area contributed by atoms with Gasteiger partial charge in [-0.15, -0.1) is 0 Å². The second-order valence-corrected chi connectivity index (χ2v) is 6.45. The minimum absolute atomic E-state index is 0.0347. The van der Waals surface area contributed by atoms with E-state index in [1.54, 1.807) is 0 Å². The molecule has 1 aromatic carbocycles. The van der Waals surface area contributed by atoms with Crippen LogP contribution in [0.25, 0.3) is 11.0 Å². The standard InChI is InChI=1S/C16H25N3O/c1-11(20)5-8-15-18-13-9-12(10-17)6-7-14(13)19(15)16(2,3)4/h6-7,9,11,20H,5,8,10,17H2,1-4H3. The molecule has 110 valence electrons. The molecule has 2 rings (SSSR count). The summed E-state index contributed by atoms with van der Waals surface area (Å²) in [5, 5.41) is 9.51. The Labute approximate surface area is 120 Å². The van der Waals surface area contributed by atoms with Gasteiger partial charge >= 0.3 is 0 Å². The second kappa shape index (κ2) is 5.54. The Bertz CT molecular complexity index is 594. The van der Waals surface area contributed by atoms with Crippen LogP contribution in [0, 0.1) is 0 Å². The first-order valence-electron chi connectivity index (χ1n) is 7.22. The highest BCUT2D eigenvalue weighted by Gasteiger charge is 2.21. The van der Waals surface area contributed by atoms with Gasteiger partial charge in [-0.05, 0) is 51.8 Å². The molecule has 0 amide bonds. The monoisotopic (exact) mass is 275 g/mol. The molecule has 0 saturated heterocycles. The Kier molecular flexibility index (Phi) is 4.16. The van der Waals surface area contributed by atoms with Crippen LogP contribution in [0.4, 0.5) is 0 Å². The van der Waals surface area contributed by atoms with Crippen LogP contribution in [-0.2, 0) is 18.5 Å². The van der Waals surface area contributed by atoms with Gasteiger partial charge in [0.05, 0.1) is 17.1 Å². The molecule has 0 saturated carbocycles. The third kappa shape index (κ3) is 3.02. The fourth-order valence-electron chi connectivity index (χ4n) is 2.56. The van der Waals surface area contributed by atoms with Gasteiger partial charge in [-0.3, -0.25) is 0 Å². The molecule has 4 heteroatoms. The van der Waals surface area contributed by atoms with Crippen LogP contribution in [-0.4, -0.2) is 20.8 Å². The Balaban J connectivity index is 2.54. The van der Waals surface area contributed by atoms with Gasteiger partial charge in [0.2, 0.25) is 0 Å². The Hall–Kier alpha value is -1.39. The minimum Gasteiger partial charge on any atom is -0.393 e. The second-order valence-electron chi connectivity index (χ2n) is 6.45. The average Bonchev–Trinajstić information content (AvgIpc) is 2.73. The zero-order valence-corrected chi connectivity index (χ0v) is 12.8. The lowest BCUT2D eigenvalue weighted by molar-refractivity contribution is 0.183. The van der Waals surface area contributed by atoms with Crippen molar-refractivity contribution in [3.8, 4) is 0 Å². The average molecular weight is 275 g/mol. The van der Waals surface area contributed by atoms with Gasteiger partial charge in [0, 0.05) is 18.5 Å². The zero-order valence-electron chi connectivity index (χ0n) is 12.8. The predicted molar refractivity (Wildman–Crippen MR) is 82.6 cm³/mol. The number of hydrogen-bond acceptors (Lipinski definition) is 3. The highest BCUT2D eigenvalue weighted by Crippen LogP contribution is 2.26. The lowest BCUT2D eigenvalue weighted by atomic mass is 10.1. The number of nitrogens with zero attached hydrogens (tertiary/aromatic N) is 2. The number of aromatic nitrogens is 2. The molecule has 0 bridgehead atoms. The minimum atomic E-state index is -0.303. The fourth-order valence-corrected chi connectivity index (χ4v) is 2.56. The molecule has 1 atom stereocenters. The number of benzene rings is 1. The van der Waals surface area contributed by atoms with Crippen molar-refractivity contribution in [2.75, 3.05) is 0 Å². The van der Waals surface area contributed by atoms with E-state index in [4.69, 9.17) is 10.7 Å². The molecule has 0 aliphatic heterocycles. The Morgan fingerprint density at radius 2 is 2.05 bits per heavy atom. The molecule has 0 fully saturated rings. The first-order valence-corrected chi connectivity index (χ1v) is 7.22. The van der Waals surface area contributed by atoms with E-state index in [1.165, 1.54) is 0 Å². The summed E-state index contributed by atoms with van der Waals surface area (Å²) in [7, 11) is 0.